The summed E-state index contributed by atoms with van der Waals surface area (Å²) < 4.78 is 16.8. The van der Waals surface area contributed by atoms with E-state index < -0.39 is 22.2 Å². The summed E-state index contributed by atoms with van der Waals surface area (Å²) in [5.74, 6) is 0. The van der Waals surface area contributed by atoms with Crippen molar-refractivity contribution in [1.82, 2.24) is 9.88 Å². The molecule has 0 saturated carbocycles. The van der Waals surface area contributed by atoms with E-state index in [2.05, 4.69) is 9.38 Å². The molecule has 1 aliphatic heterocycles. The lowest BCUT2D eigenvalue weighted by atomic mass is 9.75. The molecule has 1 unspecified atom stereocenters. The molecule has 3 rings (SSSR count). The topological polar surface area (TPSA) is 88.9 Å². The van der Waals surface area contributed by atoms with Gasteiger partial charge < -0.3 is 14.6 Å². The number of aromatic nitrogens is 1. The molecule has 2 heterocycles. The second kappa shape index (κ2) is 6.04. The maximum Gasteiger partial charge on any atom is 0.407 e. The highest BCUT2D eigenvalue weighted by Gasteiger charge is 2.48. The van der Waals surface area contributed by atoms with Crippen LogP contribution in [0.5, 0.6) is 0 Å². The minimum atomic E-state index is -1.35. The molecule has 2 aliphatic rings. The summed E-state index contributed by atoms with van der Waals surface area (Å²) in [7, 11) is 0. The third-order valence-corrected chi connectivity index (χ3v) is 6.24. The number of nitrogens with zero attached hydrogens (tertiary/aromatic N) is 3. The molecule has 1 aromatic heterocycles. The van der Waals surface area contributed by atoms with Gasteiger partial charge in [-0.3, -0.25) is 4.98 Å². The van der Waals surface area contributed by atoms with Crippen LogP contribution in [0.1, 0.15) is 44.9 Å². The number of likely N-dealkylation sites (tertiary alicyclic amines) is 1. The Morgan fingerprint density at radius 2 is 2.08 bits per heavy atom. The number of piperidine rings is 1. The first-order valence-corrected chi connectivity index (χ1v) is 9.27. The Kier molecular flexibility index (Phi) is 4.34. The van der Waals surface area contributed by atoms with Gasteiger partial charge in [-0.05, 0) is 45.7 Å². The van der Waals surface area contributed by atoms with E-state index in [0.717, 1.165) is 23.4 Å². The zero-order valence-electron chi connectivity index (χ0n) is 14.3. The van der Waals surface area contributed by atoms with Crippen molar-refractivity contribution in [2.45, 2.75) is 44.8 Å². The Morgan fingerprint density at radius 1 is 1.42 bits per heavy atom. The monoisotopic (exact) mass is 349 g/mol. The summed E-state index contributed by atoms with van der Waals surface area (Å²) in [6.45, 7) is 6.68. The lowest BCUT2D eigenvalue weighted by Gasteiger charge is -2.38. The van der Waals surface area contributed by atoms with E-state index in [1.165, 1.54) is 4.90 Å². The molecule has 1 spiro atoms. The number of fused-ring (bicyclic) bond motifs is 1. The molecule has 7 heteroatoms. The van der Waals surface area contributed by atoms with Crippen LogP contribution in [-0.2, 0) is 17.8 Å². The molecular formula is C17H23N3O3S. The highest BCUT2D eigenvalue weighted by molar-refractivity contribution is 7.91. The van der Waals surface area contributed by atoms with Gasteiger partial charge in [0.2, 0.25) is 0 Å². The van der Waals surface area contributed by atoms with Crippen molar-refractivity contribution in [1.29, 1.82) is 0 Å². The highest BCUT2D eigenvalue weighted by atomic mass is 32.2. The molecule has 1 atom stereocenters. The first kappa shape index (κ1) is 17.2. The Hall–Kier alpha value is -1.60. The van der Waals surface area contributed by atoms with Crippen molar-refractivity contribution >= 4 is 23.2 Å². The molecule has 1 N–H and O–H groups in total. The van der Waals surface area contributed by atoms with Crippen molar-refractivity contribution in [3.8, 4) is 0 Å². The van der Waals surface area contributed by atoms with E-state index in [-0.39, 0.29) is 5.41 Å². The molecule has 1 aromatic rings. The van der Waals surface area contributed by atoms with Crippen LogP contribution in [0.25, 0.3) is 0 Å². The Bertz CT molecular complexity index is 676. The largest absolute Gasteiger partial charge is 0.591 e. The Morgan fingerprint density at radius 3 is 2.67 bits per heavy atom. The fourth-order valence-corrected chi connectivity index (χ4v) is 4.12. The molecule has 1 aliphatic carbocycles. The number of hydrogen-bond acceptors (Lipinski definition) is 4. The summed E-state index contributed by atoms with van der Waals surface area (Å²) in [5.41, 5.74) is 2.55. The molecule has 0 bridgehead atoms. The van der Waals surface area contributed by atoms with Crippen molar-refractivity contribution in [3.05, 3.63) is 29.6 Å². The summed E-state index contributed by atoms with van der Waals surface area (Å²) in [6.07, 6.45) is 3.01. The Labute approximate surface area is 145 Å². The SMILES string of the molecule is CC(C)(C)[S+]([O-])N=C1c2cccnc2CC12CCN(C(=O)O)CC2. The van der Waals surface area contributed by atoms with E-state index in [1.807, 2.05) is 32.9 Å². The molecule has 6 nitrogen and oxygen atoms in total. The van der Waals surface area contributed by atoms with Gasteiger partial charge in [0.05, 0.1) is 5.69 Å². The summed E-state index contributed by atoms with van der Waals surface area (Å²) in [6, 6.07) is 3.86. The average molecular weight is 349 g/mol. The molecule has 1 amide bonds. The summed E-state index contributed by atoms with van der Waals surface area (Å²) in [4.78, 5) is 17.1. The molecular weight excluding hydrogens is 326 g/mol. The predicted molar refractivity (Wildman–Crippen MR) is 93.6 cm³/mol. The molecule has 1 saturated heterocycles. The zero-order valence-corrected chi connectivity index (χ0v) is 15.1. The van der Waals surface area contributed by atoms with Gasteiger partial charge in [0.1, 0.15) is 21.8 Å². The van der Waals surface area contributed by atoms with Gasteiger partial charge in [0.25, 0.3) is 0 Å². The number of carboxylic acid groups (broad SMARTS) is 1. The van der Waals surface area contributed by atoms with Crippen LogP contribution < -0.4 is 0 Å². The van der Waals surface area contributed by atoms with Gasteiger partial charge in [-0.15, -0.1) is 0 Å². The van der Waals surface area contributed by atoms with Crippen LogP contribution in [0.2, 0.25) is 0 Å². The van der Waals surface area contributed by atoms with E-state index in [9.17, 15) is 14.5 Å². The third-order valence-electron chi connectivity index (χ3n) is 4.84. The summed E-state index contributed by atoms with van der Waals surface area (Å²) >= 11 is -1.35. The van der Waals surface area contributed by atoms with Crippen LogP contribution in [-0.4, -0.2) is 49.2 Å². The molecule has 130 valence electrons. The van der Waals surface area contributed by atoms with Gasteiger partial charge >= 0.3 is 6.09 Å². The number of hydrogen-bond donors (Lipinski definition) is 1. The zero-order chi connectivity index (χ0) is 17.5. The lowest BCUT2D eigenvalue weighted by Crippen LogP contribution is -2.45. The van der Waals surface area contributed by atoms with Crippen LogP contribution in [0, 0.1) is 5.41 Å². The standard InChI is InChI=1S/C17H23N3O3S/c1-16(2,3)24(23)19-14-12-5-4-8-18-13(12)11-17(14)6-9-20(10-7-17)15(21)22/h4-5,8H,6-7,9-11H2,1-3H3,(H,21,22). The number of carbonyl (C=O) groups is 1. The second-order valence-corrected chi connectivity index (χ2v) is 9.43. The third kappa shape index (κ3) is 3.02. The van der Waals surface area contributed by atoms with E-state index in [1.54, 1.807) is 6.20 Å². The van der Waals surface area contributed by atoms with Gasteiger partial charge in [0.15, 0.2) is 0 Å². The van der Waals surface area contributed by atoms with Gasteiger partial charge in [-0.1, -0.05) is 4.40 Å². The summed E-state index contributed by atoms with van der Waals surface area (Å²) in [5, 5.41) is 9.20. The number of amides is 1. The molecule has 24 heavy (non-hydrogen) atoms. The fourth-order valence-electron chi connectivity index (χ4n) is 3.39. The maximum absolute atomic E-state index is 12.6. The normalized spacial score (nSPS) is 22.7. The van der Waals surface area contributed by atoms with Crippen LogP contribution >= 0.6 is 0 Å². The van der Waals surface area contributed by atoms with E-state index in [4.69, 9.17) is 0 Å². The first-order valence-electron chi connectivity index (χ1n) is 8.16. The van der Waals surface area contributed by atoms with Crippen molar-refractivity contribution in [2.24, 2.45) is 9.81 Å². The smallest absolute Gasteiger partial charge is 0.407 e. The molecule has 0 radical (unpaired) electrons. The van der Waals surface area contributed by atoms with Crippen LogP contribution in [0.4, 0.5) is 4.79 Å². The second-order valence-electron chi connectivity index (χ2n) is 7.53. The van der Waals surface area contributed by atoms with Crippen LogP contribution in [0.15, 0.2) is 22.7 Å². The number of rotatable bonds is 1. The average Bonchev–Trinajstić information content (AvgIpc) is 2.80. The van der Waals surface area contributed by atoms with Gasteiger partial charge in [-0.2, -0.15) is 0 Å². The Balaban J connectivity index is 1.98. The minimum absolute atomic E-state index is 0.246. The number of pyridine rings is 1. The lowest BCUT2D eigenvalue weighted by molar-refractivity contribution is 0.114. The molecule has 0 aromatic carbocycles. The van der Waals surface area contributed by atoms with E-state index in [0.29, 0.717) is 25.9 Å². The van der Waals surface area contributed by atoms with Crippen molar-refractivity contribution < 1.29 is 14.5 Å². The van der Waals surface area contributed by atoms with E-state index >= 15 is 0 Å². The molecule has 1 fully saturated rings. The van der Waals surface area contributed by atoms with Crippen molar-refractivity contribution in [2.75, 3.05) is 13.1 Å². The quantitative estimate of drug-likeness (QED) is 0.789. The minimum Gasteiger partial charge on any atom is -0.591 e. The van der Waals surface area contributed by atoms with Crippen LogP contribution in [0.3, 0.4) is 0 Å². The fraction of sp³-hybridized carbons (Fsp3) is 0.588. The predicted octanol–water partition coefficient (Wildman–Crippen LogP) is 2.65. The van der Waals surface area contributed by atoms with Gasteiger partial charge in [-0.25, -0.2) is 4.79 Å². The first-order chi connectivity index (χ1) is 11.2. The maximum atomic E-state index is 12.6. The highest BCUT2D eigenvalue weighted by Crippen LogP contribution is 2.45. The van der Waals surface area contributed by atoms with Gasteiger partial charge in [0, 0.05) is 36.7 Å². The van der Waals surface area contributed by atoms with Crippen molar-refractivity contribution in [3.63, 3.8) is 0 Å².